The van der Waals surface area contributed by atoms with Crippen molar-refractivity contribution >= 4 is 22.2 Å². The van der Waals surface area contributed by atoms with Gasteiger partial charge in [-0.05, 0) is 38.8 Å². The second-order valence-electron chi connectivity index (χ2n) is 10.6. The first-order chi connectivity index (χ1) is 19.9. The topological polar surface area (TPSA) is 92.3 Å². The molecule has 0 fully saturated rings. The quantitative estimate of drug-likeness (QED) is 0.111. The van der Waals surface area contributed by atoms with E-state index in [0.717, 1.165) is 46.8 Å². The molecule has 7 nitrogen and oxygen atoms in total. The molecule has 8 heteroatoms. The molecule has 0 amide bonds. The fourth-order valence-corrected chi connectivity index (χ4v) is 5.78. The Balaban J connectivity index is 0.000000307. The lowest BCUT2D eigenvalue weighted by Gasteiger charge is -2.13. The van der Waals surface area contributed by atoms with Crippen LogP contribution >= 0.6 is 0 Å². The molecule has 2 aromatic heterocycles. The van der Waals surface area contributed by atoms with Crippen molar-refractivity contribution in [1.82, 2.24) is 15.0 Å². The normalized spacial score (nSPS) is 11.8. The number of nitrogens with one attached hydrogen (secondary N) is 1. The van der Waals surface area contributed by atoms with Crippen molar-refractivity contribution in [3.8, 4) is 11.5 Å². The van der Waals surface area contributed by atoms with Crippen LogP contribution in [-0.2, 0) is 21.7 Å². The molecule has 230 valence electrons. The maximum absolute atomic E-state index is 12.7. The van der Waals surface area contributed by atoms with E-state index >= 15 is 0 Å². The Kier molecular flexibility index (Phi) is 17.5. The Labute approximate surface area is 251 Å². The number of methoxy groups -OCH3 is 2. The van der Waals surface area contributed by atoms with E-state index in [1.165, 1.54) is 77.0 Å². The van der Waals surface area contributed by atoms with E-state index in [4.69, 9.17) is 14.2 Å². The number of hydrogen-bond donors (Lipinski definition) is 1. The minimum Gasteiger partial charge on any atom is -0.609 e. The van der Waals surface area contributed by atoms with Gasteiger partial charge in [-0.15, -0.1) is 0 Å². The highest BCUT2D eigenvalue weighted by molar-refractivity contribution is 7.90. The van der Waals surface area contributed by atoms with Gasteiger partial charge in [-0.3, -0.25) is 9.97 Å². The summed E-state index contributed by atoms with van der Waals surface area (Å²) in [4.78, 5) is 11.9. The van der Waals surface area contributed by atoms with Crippen LogP contribution < -0.4 is 9.47 Å². The first kappa shape index (κ1) is 34.9. The maximum atomic E-state index is 12.7. The molecule has 0 radical (unpaired) electrons. The Morgan fingerprint density at radius 2 is 1.44 bits per heavy atom. The Morgan fingerprint density at radius 3 is 2.02 bits per heavy atom. The van der Waals surface area contributed by atoms with Gasteiger partial charge >= 0.3 is 5.16 Å². The number of fused-ring (bicyclic) bond motifs is 1. The first-order valence-corrected chi connectivity index (χ1v) is 16.8. The molecule has 3 rings (SSSR count). The number of nitrogens with zero attached hydrogens (tertiary/aromatic N) is 2. The lowest BCUT2D eigenvalue weighted by Crippen LogP contribution is -2.10. The Morgan fingerprint density at radius 1 is 0.829 bits per heavy atom. The highest BCUT2D eigenvalue weighted by Gasteiger charge is 2.21. The number of pyridine rings is 1. The lowest BCUT2D eigenvalue weighted by atomic mass is 10.1. The van der Waals surface area contributed by atoms with Crippen molar-refractivity contribution in [2.24, 2.45) is 0 Å². The van der Waals surface area contributed by atoms with Crippen molar-refractivity contribution in [1.29, 1.82) is 0 Å². The average molecular weight is 588 g/mol. The zero-order chi connectivity index (χ0) is 29.9. The van der Waals surface area contributed by atoms with Gasteiger partial charge in [-0.25, -0.2) is 0 Å². The second kappa shape index (κ2) is 20.6. The Hall–Kier alpha value is -2.29. The third-order valence-corrected chi connectivity index (χ3v) is 8.35. The van der Waals surface area contributed by atoms with Crippen molar-refractivity contribution in [3.63, 3.8) is 0 Å². The van der Waals surface area contributed by atoms with Gasteiger partial charge in [0.2, 0.25) is 0 Å². The van der Waals surface area contributed by atoms with Crippen molar-refractivity contribution in [2.75, 3.05) is 27.4 Å². The minimum absolute atomic E-state index is 0.277. The zero-order valence-electron chi connectivity index (χ0n) is 26.4. The monoisotopic (exact) mass is 587 g/mol. The highest BCUT2D eigenvalue weighted by atomic mass is 32.2. The van der Waals surface area contributed by atoms with Crippen molar-refractivity contribution < 1.29 is 18.8 Å². The van der Waals surface area contributed by atoms with Crippen molar-refractivity contribution in [2.45, 2.75) is 116 Å². The molecule has 0 saturated heterocycles. The molecule has 3 aromatic rings. The number of aryl methyl sites for hydroxylation is 1. The predicted octanol–water partition coefficient (Wildman–Crippen LogP) is 8.62. The summed E-state index contributed by atoms with van der Waals surface area (Å²) in [5.41, 5.74) is 4.16. The molecule has 1 aromatic carbocycles. The van der Waals surface area contributed by atoms with E-state index in [1.807, 2.05) is 32.0 Å². The molecular weight excluding hydrogens is 534 g/mol. The van der Waals surface area contributed by atoms with Crippen LogP contribution in [0.3, 0.4) is 0 Å². The van der Waals surface area contributed by atoms with Crippen LogP contribution in [0.2, 0.25) is 0 Å². The van der Waals surface area contributed by atoms with Crippen LogP contribution in [0, 0.1) is 13.8 Å². The molecule has 0 spiro atoms. The highest BCUT2D eigenvalue weighted by Crippen LogP contribution is 2.27. The number of unbranched alkanes of at least 4 members (excludes halogenated alkanes) is 10. The molecule has 1 atom stereocenters. The number of H-pyrrole nitrogens is 1. The molecule has 2 heterocycles. The van der Waals surface area contributed by atoms with Gasteiger partial charge in [0.15, 0.2) is 5.75 Å². The SMILES string of the molecule is CCCCCCCCOCCCCCCCC.COc1ccc2[nH]c([S+]([O-])Cc3ncc(C)c(OC)c3C)nc2c1. The van der Waals surface area contributed by atoms with Crippen LogP contribution in [-0.4, -0.2) is 46.9 Å². The number of ether oxygens (including phenoxy) is 3. The van der Waals surface area contributed by atoms with E-state index in [2.05, 4.69) is 28.8 Å². The molecule has 0 aliphatic rings. The van der Waals surface area contributed by atoms with Crippen LogP contribution in [0.1, 0.15) is 108 Å². The summed E-state index contributed by atoms with van der Waals surface area (Å²) in [6, 6.07) is 5.51. The molecule has 1 N–H and O–H groups in total. The van der Waals surface area contributed by atoms with E-state index in [0.29, 0.717) is 10.9 Å². The summed E-state index contributed by atoms with van der Waals surface area (Å²) in [5, 5.41) is 0.430. The zero-order valence-corrected chi connectivity index (χ0v) is 27.2. The van der Waals surface area contributed by atoms with Gasteiger partial charge in [0.1, 0.15) is 11.5 Å². The van der Waals surface area contributed by atoms with Gasteiger partial charge in [0, 0.05) is 47.8 Å². The number of aromatic nitrogens is 3. The predicted molar refractivity (Wildman–Crippen MR) is 171 cm³/mol. The summed E-state index contributed by atoms with van der Waals surface area (Å²) in [6.07, 6.45) is 18.1. The number of hydrogen-bond acceptors (Lipinski definition) is 6. The third kappa shape index (κ3) is 12.6. The number of aromatic amines is 1. The van der Waals surface area contributed by atoms with E-state index < -0.39 is 11.2 Å². The van der Waals surface area contributed by atoms with E-state index in [1.54, 1.807) is 20.4 Å². The summed E-state index contributed by atoms with van der Waals surface area (Å²) >= 11 is -1.33. The number of rotatable bonds is 19. The summed E-state index contributed by atoms with van der Waals surface area (Å²) < 4.78 is 28.9. The van der Waals surface area contributed by atoms with Crippen molar-refractivity contribution in [3.05, 3.63) is 41.2 Å². The minimum atomic E-state index is -1.33. The maximum Gasteiger partial charge on any atom is 0.322 e. The van der Waals surface area contributed by atoms with Gasteiger partial charge in [-0.2, -0.15) is 4.98 Å². The second-order valence-corrected chi connectivity index (χ2v) is 12.0. The standard InChI is InChI=1S/C17H19N3O3S.C16H34O/c1-10-8-18-15(11(2)16(10)23-4)9-24(21)17-19-13-6-5-12(22-3)7-14(13)20-17;1-3-5-7-9-11-13-15-17-16-14-12-10-8-6-4-2/h5-8H,9H2,1-4H3,(H,19,20);3-16H2,1-2H3. The Bertz CT molecular complexity index is 1110. The average Bonchev–Trinajstić information content (AvgIpc) is 3.41. The molecule has 0 bridgehead atoms. The van der Waals surface area contributed by atoms with Crippen LogP contribution in [0.5, 0.6) is 11.5 Å². The van der Waals surface area contributed by atoms with E-state index in [9.17, 15) is 4.55 Å². The summed E-state index contributed by atoms with van der Waals surface area (Å²) in [5.74, 6) is 1.78. The van der Waals surface area contributed by atoms with Gasteiger partial charge in [-0.1, -0.05) is 78.1 Å². The van der Waals surface area contributed by atoms with Gasteiger partial charge in [0.05, 0.1) is 30.9 Å². The largest absolute Gasteiger partial charge is 0.609 e. The molecule has 41 heavy (non-hydrogen) atoms. The molecule has 0 aliphatic heterocycles. The fourth-order valence-electron chi connectivity index (χ4n) is 4.68. The smallest absolute Gasteiger partial charge is 0.322 e. The number of imidazole rings is 1. The van der Waals surface area contributed by atoms with E-state index in [-0.39, 0.29) is 5.75 Å². The van der Waals surface area contributed by atoms with Crippen LogP contribution in [0.25, 0.3) is 11.0 Å². The third-order valence-electron chi connectivity index (χ3n) is 7.19. The number of benzene rings is 1. The van der Waals surface area contributed by atoms with Gasteiger partial charge in [0.25, 0.3) is 0 Å². The van der Waals surface area contributed by atoms with Crippen LogP contribution in [0.4, 0.5) is 0 Å². The summed E-state index contributed by atoms with van der Waals surface area (Å²) in [7, 11) is 3.23. The summed E-state index contributed by atoms with van der Waals surface area (Å²) in [6.45, 7) is 10.4. The molecule has 0 aliphatic carbocycles. The fraction of sp³-hybridized carbons (Fsp3) is 0.636. The molecule has 1 unspecified atom stereocenters. The van der Waals surface area contributed by atoms with Crippen LogP contribution in [0.15, 0.2) is 29.6 Å². The lowest BCUT2D eigenvalue weighted by molar-refractivity contribution is 0.125. The molecular formula is C33H53N3O4S. The molecule has 0 saturated carbocycles. The van der Waals surface area contributed by atoms with Gasteiger partial charge < -0.3 is 18.8 Å². The first-order valence-electron chi connectivity index (χ1n) is 15.4.